The van der Waals surface area contributed by atoms with E-state index in [1.165, 1.54) is 11.3 Å². The van der Waals surface area contributed by atoms with Crippen molar-refractivity contribution in [2.75, 3.05) is 25.5 Å². The molecule has 1 aromatic heterocycles. The largest absolute Gasteiger partial charge is 0.378 e. The van der Waals surface area contributed by atoms with Crippen LogP contribution in [0, 0.1) is 0 Å². The van der Waals surface area contributed by atoms with E-state index in [9.17, 15) is 0 Å². The zero-order chi connectivity index (χ0) is 15.5. The number of nitrogens with one attached hydrogen (secondary N) is 1. The summed E-state index contributed by atoms with van der Waals surface area (Å²) in [6.07, 6.45) is 0.893. The molecule has 114 valence electrons. The Hall–Kier alpha value is -2.33. The third-order valence-electron chi connectivity index (χ3n) is 4.01. The highest BCUT2D eigenvalue weighted by molar-refractivity contribution is 5.74. The number of nitrogens with zero attached hydrogens (tertiary/aromatic N) is 2. The van der Waals surface area contributed by atoms with E-state index in [0.29, 0.717) is 6.54 Å². The Balaban J connectivity index is 1.81. The molecule has 0 saturated heterocycles. The second-order valence-corrected chi connectivity index (χ2v) is 5.84. The first-order valence-electron chi connectivity index (χ1n) is 7.58. The Morgan fingerprint density at radius 1 is 1.09 bits per heavy atom. The zero-order valence-electron chi connectivity index (χ0n) is 13.1. The van der Waals surface area contributed by atoms with Crippen LogP contribution in [0.2, 0.25) is 0 Å². The molecule has 1 unspecified atom stereocenters. The molecule has 0 aliphatic rings. The van der Waals surface area contributed by atoms with Gasteiger partial charge < -0.3 is 15.6 Å². The summed E-state index contributed by atoms with van der Waals surface area (Å²) in [6.45, 7) is 0.579. The second kappa shape index (κ2) is 6.20. The Bertz CT molecular complexity index is 710. The summed E-state index contributed by atoms with van der Waals surface area (Å²) in [5.74, 6) is 1.18. The molecular weight excluding hydrogens is 272 g/mol. The molecule has 3 N–H and O–H groups in total. The van der Waals surface area contributed by atoms with Gasteiger partial charge in [-0.05, 0) is 36.2 Å². The van der Waals surface area contributed by atoms with E-state index in [0.717, 1.165) is 23.3 Å². The van der Waals surface area contributed by atoms with Gasteiger partial charge in [0.05, 0.1) is 11.0 Å². The number of nitrogens with two attached hydrogens (primary N) is 1. The number of anilines is 1. The third kappa shape index (κ3) is 2.97. The lowest BCUT2D eigenvalue weighted by Gasteiger charge is -2.15. The number of para-hydroxylation sites is 2. The SMILES string of the molecule is CN(C)c1ccc(CC(CN)c2nc3ccccc3[nH]2)cc1. The van der Waals surface area contributed by atoms with Crippen LogP contribution >= 0.6 is 0 Å². The van der Waals surface area contributed by atoms with Crippen LogP contribution < -0.4 is 10.6 Å². The fraction of sp³-hybridized carbons (Fsp3) is 0.278. The van der Waals surface area contributed by atoms with Gasteiger partial charge in [0.25, 0.3) is 0 Å². The van der Waals surface area contributed by atoms with E-state index >= 15 is 0 Å². The lowest BCUT2D eigenvalue weighted by molar-refractivity contribution is 0.658. The maximum atomic E-state index is 5.98. The van der Waals surface area contributed by atoms with Crippen molar-refractivity contribution in [1.29, 1.82) is 0 Å². The van der Waals surface area contributed by atoms with E-state index in [2.05, 4.69) is 39.1 Å². The third-order valence-corrected chi connectivity index (χ3v) is 4.01. The van der Waals surface area contributed by atoms with E-state index in [1.807, 2.05) is 38.4 Å². The van der Waals surface area contributed by atoms with Gasteiger partial charge in [-0.3, -0.25) is 0 Å². The summed E-state index contributed by atoms with van der Waals surface area (Å²) in [6, 6.07) is 16.7. The number of hydrogen-bond donors (Lipinski definition) is 2. The molecule has 0 bridgehead atoms. The van der Waals surface area contributed by atoms with Crippen LogP contribution in [0.15, 0.2) is 48.5 Å². The van der Waals surface area contributed by atoms with Crippen molar-refractivity contribution in [2.45, 2.75) is 12.3 Å². The normalized spacial score (nSPS) is 12.5. The maximum Gasteiger partial charge on any atom is 0.111 e. The predicted molar refractivity (Wildman–Crippen MR) is 92.4 cm³/mol. The molecule has 2 aromatic carbocycles. The molecule has 3 rings (SSSR count). The molecule has 1 heterocycles. The molecular formula is C18H22N4. The Labute approximate surface area is 131 Å². The van der Waals surface area contributed by atoms with Gasteiger partial charge in [-0.2, -0.15) is 0 Å². The molecule has 4 heteroatoms. The first-order chi connectivity index (χ1) is 10.7. The summed E-state index contributed by atoms with van der Waals surface area (Å²) >= 11 is 0. The van der Waals surface area contributed by atoms with Gasteiger partial charge in [0.15, 0.2) is 0 Å². The van der Waals surface area contributed by atoms with Crippen molar-refractivity contribution < 1.29 is 0 Å². The molecule has 0 aliphatic carbocycles. The number of H-pyrrole nitrogens is 1. The number of rotatable bonds is 5. The van der Waals surface area contributed by atoms with Gasteiger partial charge in [-0.1, -0.05) is 24.3 Å². The summed E-state index contributed by atoms with van der Waals surface area (Å²) in [5, 5.41) is 0. The molecule has 22 heavy (non-hydrogen) atoms. The fourth-order valence-electron chi connectivity index (χ4n) is 2.67. The molecule has 1 atom stereocenters. The van der Waals surface area contributed by atoms with Crippen molar-refractivity contribution in [3.05, 3.63) is 59.9 Å². The van der Waals surface area contributed by atoms with E-state index in [4.69, 9.17) is 5.73 Å². The Kier molecular flexibility index (Phi) is 4.11. The van der Waals surface area contributed by atoms with Crippen molar-refractivity contribution in [1.82, 2.24) is 9.97 Å². The molecule has 0 fully saturated rings. The van der Waals surface area contributed by atoms with Crippen LogP contribution in [0.3, 0.4) is 0 Å². The zero-order valence-corrected chi connectivity index (χ0v) is 13.1. The quantitative estimate of drug-likeness (QED) is 0.760. The standard InChI is InChI=1S/C18H22N4/c1-22(2)15-9-7-13(8-10-15)11-14(12-19)18-20-16-5-3-4-6-17(16)21-18/h3-10,14H,11-12,19H2,1-2H3,(H,20,21). The Morgan fingerprint density at radius 3 is 2.45 bits per heavy atom. The number of aromatic nitrogens is 2. The van der Waals surface area contributed by atoms with Crippen LogP contribution in [0.5, 0.6) is 0 Å². The molecule has 3 aromatic rings. The first-order valence-corrected chi connectivity index (χ1v) is 7.58. The number of aromatic amines is 1. The van der Waals surface area contributed by atoms with Crippen LogP contribution in [-0.4, -0.2) is 30.6 Å². The van der Waals surface area contributed by atoms with Gasteiger partial charge in [0, 0.05) is 32.2 Å². The minimum atomic E-state index is 0.206. The van der Waals surface area contributed by atoms with Crippen LogP contribution in [0.4, 0.5) is 5.69 Å². The van der Waals surface area contributed by atoms with Gasteiger partial charge >= 0.3 is 0 Å². The Morgan fingerprint density at radius 2 is 1.82 bits per heavy atom. The second-order valence-electron chi connectivity index (χ2n) is 5.84. The van der Waals surface area contributed by atoms with E-state index in [1.54, 1.807) is 0 Å². The molecule has 0 spiro atoms. The van der Waals surface area contributed by atoms with E-state index in [-0.39, 0.29) is 5.92 Å². The van der Waals surface area contributed by atoms with Crippen molar-refractivity contribution >= 4 is 16.7 Å². The minimum Gasteiger partial charge on any atom is -0.378 e. The van der Waals surface area contributed by atoms with Crippen molar-refractivity contribution in [3.8, 4) is 0 Å². The van der Waals surface area contributed by atoms with Crippen LogP contribution in [-0.2, 0) is 6.42 Å². The van der Waals surface area contributed by atoms with Crippen LogP contribution in [0.25, 0.3) is 11.0 Å². The highest BCUT2D eigenvalue weighted by Crippen LogP contribution is 2.22. The summed E-state index contributed by atoms with van der Waals surface area (Å²) in [7, 11) is 4.10. The molecule has 0 radical (unpaired) electrons. The van der Waals surface area contributed by atoms with Crippen molar-refractivity contribution in [2.24, 2.45) is 5.73 Å². The average molecular weight is 294 g/mol. The molecule has 0 saturated carbocycles. The van der Waals surface area contributed by atoms with Gasteiger partial charge in [0.1, 0.15) is 5.82 Å². The number of benzene rings is 2. The monoisotopic (exact) mass is 294 g/mol. The van der Waals surface area contributed by atoms with Crippen molar-refractivity contribution in [3.63, 3.8) is 0 Å². The van der Waals surface area contributed by atoms with Gasteiger partial charge in [-0.15, -0.1) is 0 Å². The maximum absolute atomic E-state index is 5.98. The number of fused-ring (bicyclic) bond motifs is 1. The first kappa shape index (κ1) is 14.6. The van der Waals surface area contributed by atoms with Crippen LogP contribution in [0.1, 0.15) is 17.3 Å². The fourth-order valence-corrected chi connectivity index (χ4v) is 2.67. The lowest BCUT2D eigenvalue weighted by atomic mass is 9.98. The molecule has 0 amide bonds. The minimum absolute atomic E-state index is 0.206. The number of hydrogen-bond acceptors (Lipinski definition) is 3. The van der Waals surface area contributed by atoms with Gasteiger partial charge in [0.2, 0.25) is 0 Å². The summed E-state index contributed by atoms with van der Waals surface area (Å²) < 4.78 is 0. The molecule has 0 aliphatic heterocycles. The summed E-state index contributed by atoms with van der Waals surface area (Å²) in [5.41, 5.74) is 10.5. The lowest BCUT2D eigenvalue weighted by Crippen LogP contribution is -2.16. The van der Waals surface area contributed by atoms with E-state index < -0.39 is 0 Å². The smallest absolute Gasteiger partial charge is 0.111 e. The highest BCUT2D eigenvalue weighted by atomic mass is 15.1. The van der Waals surface area contributed by atoms with Gasteiger partial charge in [-0.25, -0.2) is 4.98 Å². The number of imidazole rings is 1. The molecule has 4 nitrogen and oxygen atoms in total. The predicted octanol–water partition coefficient (Wildman–Crippen LogP) is 2.91. The average Bonchev–Trinajstić information content (AvgIpc) is 2.96. The highest BCUT2D eigenvalue weighted by Gasteiger charge is 2.15. The topological polar surface area (TPSA) is 57.9 Å². The summed E-state index contributed by atoms with van der Waals surface area (Å²) in [4.78, 5) is 10.2.